The summed E-state index contributed by atoms with van der Waals surface area (Å²) in [6.45, 7) is 8.38. The first kappa shape index (κ1) is 24.9. The quantitative estimate of drug-likeness (QED) is 0.247. The summed E-state index contributed by atoms with van der Waals surface area (Å²) in [5.41, 5.74) is 0.968. The lowest BCUT2D eigenvalue weighted by atomic mass is 9.77. The zero-order valence-corrected chi connectivity index (χ0v) is 22.1. The predicted octanol–water partition coefficient (Wildman–Crippen LogP) is 5.40. The van der Waals surface area contributed by atoms with E-state index < -0.39 is 7.12 Å². The second-order valence-electron chi connectivity index (χ2n) is 11.1. The van der Waals surface area contributed by atoms with Crippen LogP contribution in [-0.4, -0.2) is 35.5 Å². The molecule has 4 nitrogen and oxygen atoms in total. The van der Waals surface area contributed by atoms with Crippen LogP contribution in [0, 0.1) is 0 Å². The number of hydrogen-bond acceptors (Lipinski definition) is 4. The van der Waals surface area contributed by atoms with Gasteiger partial charge in [0.15, 0.2) is 0 Å². The van der Waals surface area contributed by atoms with Crippen LogP contribution >= 0.6 is 0 Å². The molecule has 0 atom stereocenters. The molecule has 1 aliphatic heterocycles. The van der Waals surface area contributed by atoms with E-state index in [1.807, 2.05) is 30.3 Å². The van der Waals surface area contributed by atoms with Crippen LogP contribution in [-0.2, 0) is 9.31 Å². The molecule has 0 spiro atoms. The van der Waals surface area contributed by atoms with Gasteiger partial charge in [0.25, 0.3) is 0 Å². The summed E-state index contributed by atoms with van der Waals surface area (Å²) in [6.07, 6.45) is 0. The van der Waals surface area contributed by atoms with Crippen LogP contribution in [0.1, 0.15) is 27.7 Å². The smallest absolute Gasteiger partial charge is 0.423 e. The molecule has 1 heterocycles. The van der Waals surface area contributed by atoms with Crippen molar-refractivity contribution in [3.05, 3.63) is 97.1 Å². The van der Waals surface area contributed by atoms with E-state index in [0.29, 0.717) is 5.46 Å². The molecule has 0 saturated carbocycles. The summed E-state index contributed by atoms with van der Waals surface area (Å²) < 4.78 is 12.5. The normalized spacial score (nSPS) is 16.3. The Bertz CT molecular complexity index is 1700. The minimum absolute atomic E-state index is 0.323. The maximum Gasteiger partial charge on any atom is 0.494 e. The third kappa shape index (κ3) is 4.24. The van der Waals surface area contributed by atoms with Crippen LogP contribution in [0.2, 0.25) is 0 Å². The van der Waals surface area contributed by atoms with Crippen molar-refractivity contribution < 1.29 is 19.4 Å². The molecule has 188 valence electrons. The molecule has 38 heavy (non-hydrogen) atoms. The van der Waals surface area contributed by atoms with Crippen LogP contribution in [0.5, 0.6) is 0 Å². The van der Waals surface area contributed by atoms with Gasteiger partial charge in [0.1, 0.15) is 0 Å². The number of hydrogen-bond donors (Lipinski definition) is 2. The molecule has 7 rings (SSSR count). The first-order chi connectivity index (χ1) is 18.1. The van der Waals surface area contributed by atoms with Gasteiger partial charge >= 0.3 is 14.2 Å². The molecule has 0 aromatic heterocycles. The van der Waals surface area contributed by atoms with Crippen molar-refractivity contribution in [1.82, 2.24) is 0 Å². The van der Waals surface area contributed by atoms with Crippen molar-refractivity contribution in [2.24, 2.45) is 0 Å². The minimum Gasteiger partial charge on any atom is -0.423 e. The highest BCUT2D eigenvalue weighted by Crippen LogP contribution is 2.38. The van der Waals surface area contributed by atoms with Gasteiger partial charge in [-0.1, -0.05) is 97.1 Å². The summed E-state index contributed by atoms with van der Waals surface area (Å²) in [6, 6.07) is 32.9. The zero-order chi connectivity index (χ0) is 26.7. The van der Waals surface area contributed by atoms with Crippen molar-refractivity contribution in [2.75, 3.05) is 0 Å². The van der Waals surface area contributed by atoms with E-state index in [-0.39, 0.29) is 18.3 Å². The Kier molecular flexibility index (Phi) is 5.97. The first-order valence-corrected chi connectivity index (χ1v) is 13.0. The van der Waals surface area contributed by atoms with Crippen molar-refractivity contribution in [3.8, 4) is 0 Å². The van der Waals surface area contributed by atoms with Crippen LogP contribution in [0.3, 0.4) is 0 Å². The Labute approximate surface area is 223 Å². The van der Waals surface area contributed by atoms with Crippen LogP contribution in [0.25, 0.3) is 43.1 Å². The van der Waals surface area contributed by atoms with E-state index in [2.05, 4.69) is 82.3 Å². The van der Waals surface area contributed by atoms with E-state index >= 15 is 0 Å². The molecule has 1 aliphatic rings. The van der Waals surface area contributed by atoms with Gasteiger partial charge in [0.2, 0.25) is 0 Å². The maximum absolute atomic E-state index is 8.94. The summed E-state index contributed by atoms with van der Waals surface area (Å²) in [5.74, 6) is 0. The third-order valence-corrected chi connectivity index (χ3v) is 8.08. The fraction of sp³-hybridized carbons (Fsp3) is 0.188. The van der Waals surface area contributed by atoms with E-state index in [4.69, 9.17) is 19.4 Å². The maximum atomic E-state index is 8.94. The molecule has 0 amide bonds. The van der Waals surface area contributed by atoms with Gasteiger partial charge < -0.3 is 19.4 Å². The molecular weight excluding hydrogens is 470 g/mol. The summed E-state index contributed by atoms with van der Waals surface area (Å²) in [5, 5.41) is 27.7. The molecule has 0 aliphatic carbocycles. The molecule has 1 saturated heterocycles. The van der Waals surface area contributed by atoms with Gasteiger partial charge in [0.05, 0.1) is 11.2 Å². The van der Waals surface area contributed by atoms with Gasteiger partial charge in [-0.15, -0.1) is 0 Å². The topological polar surface area (TPSA) is 58.9 Å². The highest BCUT2D eigenvalue weighted by atomic mass is 16.7. The number of fused-ring (bicyclic) bond motifs is 1. The lowest BCUT2D eigenvalue weighted by Crippen LogP contribution is -2.41. The second-order valence-corrected chi connectivity index (χ2v) is 11.1. The Morgan fingerprint density at radius 2 is 1.03 bits per heavy atom. The molecule has 0 unspecified atom stereocenters. The third-order valence-electron chi connectivity index (χ3n) is 8.08. The molecule has 6 heteroatoms. The van der Waals surface area contributed by atoms with Crippen molar-refractivity contribution in [2.45, 2.75) is 38.9 Å². The van der Waals surface area contributed by atoms with Crippen molar-refractivity contribution in [3.63, 3.8) is 0 Å². The van der Waals surface area contributed by atoms with Gasteiger partial charge in [-0.3, -0.25) is 0 Å². The fourth-order valence-electron chi connectivity index (χ4n) is 5.26. The molecule has 6 aromatic rings. The summed E-state index contributed by atoms with van der Waals surface area (Å²) in [7, 11) is -1.71. The van der Waals surface area contributed by atoms with E-state index in [1.165, 1.54) is 32.3 Å². The summed E-state index contributed by atoms with van der Waals surface area (Å²) >= 11 is 0. The molecule has 0 bridgehead atoms. The standard InChI is InChI=1S/C22H21BO2.C10H9BO2/c1-21(2)22(3,4)25-23(24-21)18-12-16-10-8-14-6-5-7-15-9-11-17(13-18)20(16)19(14)15;12-11(13)10-6-5-8-3-1-2-4-9(8)7-10/h5-13H,1-4H3;1-7,12-13H. The van der Waals surface area contributed by atoms with Crippen LogP contribution < -0.4 is 10.9 Å². The van der Waals surface area contributed by atoms with Crippen molar-refractivity contribution in [1.29, 1.82) is 0 Å². The van der Waals surface area contributed by atoms with Crippen LogP contribution in [0.15, 0.2) is 97.1 Å². The van der Waals surface area contributed by atoms with E-state index in [1.54, 1.807) is 12.1 Å². The second kappa shape index (κ2) is 9.11. The lowest BCUT2D eigenvalue weighted by molar-refractivity contribution is 0.00578. The number of rotatable bonds is 2. The Balaban J connectivity index is 0.000000171. The summed E-state index contributed by atoms with van der Waals surface area (Å²) in [4.78, 5) is 0. The van der Waals surface area contributed by atoms with E-state index in [0.717, 1.165) is 16.2 Å². The molecule has 2 N–H and O–H groups in total. The minimum atomic E-state index is -1.38. The average molecular weight is 500 g/mol. The average Bonchev–Trinajstić information content (AvgIpc) is 3.13. The monoisotopic (exact) mass is 500 g/mol. The highest BCUT2D eigenvalue weighted by molar-refractivity contribution is 6.63. The van der Waals surface area contributed by atoms with E-state index in [9.17, 15) is 0 Å². The largest absolute Gasteiger partial charge is 0.494 e. The fourth-order valence-corrected chi connectivity index (χ4v) is 5.26. The zero-order valence-electron chi connectivity index (χ0n) is 22.1. The Hall–Kier alpha value is -3.41. The molecule has 1 fully saturated rings. The Morgan fingerprint density at radius 3 is 1.61 bits per heavy atom. The molecular formula is C32H30B2O4. The van der Waals surface area contributed by atoms with Gasteiger partial charge in [-0.2, -0.15) is 0 Å². The van der Waals surface area contributed by atoms with Crippen molar-refractivity contribution >= 4 is 68.3 Å². The molecule has 0 radical (unpaired) electrons. The first-order valence-electron chi connectivity index (χ1n) is 13.0. The van der Waals surface area contributed by atoms with Gasteiger partial charge in [0, 0.05) is 0 Å². The Morgan fingerprint density at radius 1 is 0.553 bits per heavy atom. The number of benzene rings is 6. The van der Waals surface area contributed by atoms with Crippen LogP contribution in [0.4, 0.5) is 0 Å². The van der Waals surface area contributed by atoms with Gasteiger partial charge in [-0.05, 0) is 81.7 Å². The van der Waals surface area contributed by atoms with Gasteiger partial charge in [-0.25, -0.2) is 0 Å². The SMILES string of the molecule is CC1(C)OB(c2cc3ccc4cccc5ccc(c2)c3c45)OC1(C)C.OB(O)c1ccc2ccccc2c1. The highest BCUT2D eigenvalue weighted by Gasteiger charge is 2.51. The lowest BCUT2D eigenvalue weighted by Gasteiger charge is -2.32. The molecule has 6 aromatic carbocycles. The predicted molar refractivity (Wildman–Crippen MR) is 160 cm³/mol.